The van der Waals surface area contributed by atoms with Crippen molar-refractivity contribution in [2.45, 2.75) is 45.8 Å². The maximum atomic E-state index is 12.2. The van der Waals surface area contributed by atoms with E-state index in [1.54, 1.807) is 17.0 Å². The number of amides is 2. The molecule has 0 saturated carbocycles. The van der Waals surface area contributed by atoms with Crippen LogP contribution in [0.3, 0.4) is 0 Å². The van der Waals surface area contributed by atoms with Gasteiger partial charge in [0.15, 0.2) is 0 Å². The first-order chi connectivity index (χ1) is 15.2. The van der Waals surface area contributed by atoms with Crippen molar-refractivity contribution in [1.82, 2.24) is 4.90 Å². The van der Waals surface area contributed by atoms with Crippen LogP contribution in [0.15, 0.2) is 42.5 Å². The minimum atomic E-state index is -0.492. The Hall–Kier alpha value is -3.06. The van der Waals surface area contributed by atoms with E-state index in [0.29, 0.717) is 42.5 Å². The van der Waals surface area contributed by atoms with Crippen molar-refractivity contribution in [1.29, 1.82) is 0 Å². The van der Waals surface area contributed by atoms with Gasteiger partial charge < -0.3 is 25.2 Å². The zero-order chi connectivity index (χ0) is 23.3. The number of hydrogen-bond acceptors (Lipinski definition) is 5. The lowest BCUT2D eigenvalue weighted by Gasteiger charge is -2.33. The summed E-state index contributed by atoms with van der Waals surface area (Å²) in [6.45, 7) is 7.29. The van der Waals surface area contributed by atoms with Gasteiger partial charge in [-0.25, -0.2) is 4.79 Å². The topological polar surface area (TPSA) is 102 Å². The summed E-state index contributed by atoms with van der Waals surface area (Å²) in [7, 11) is 0. The maximum Gasteiger partial charge on any atom is 0.410 e. The molecule has 3 rings (SSSR count). The van der Waals surface area contributed by atoms with Gasteiger partial charge in [0.05, 0.1) is 13.2 Å². The predicted molar refractivity (Wildman–Crippen MR) is 122 cm³/mol. The van der Waals surface area contributed by atoms with Gasteiger partial charge in [0.1, 0.15) is 11.4 Å². The number of nitrogens with two attached hydrogens (primary N) is 1. The van der Waals surface area contributed by atoms with E-state index < -0.39 is 11.5 Å². The van der Waals surface area contributed by atoms with Crippen LogP contribution in [0.5, 0.6) is 5.75 Å². The fourth-order valence-corrected chi connectivity index (χ4v) is 3.67. The smallest absolute Gasteiger partial charge is 0.410 e. The molecule has 0 bridgehead atoms. The first kappa shape index (κ1) is 23.6. The van der Waals surface area contributed by atoms with Gasteiger partial charge in [-0.15, -0.1) is 0 Å². The number of aliphatic hydroxyl groups excluding tert-OH is 1. The van der Waals surface area contributed by atoms with E-state index in [9.17, 15) is 14.7 Å². The number of benzene rings is 2. The van der Waals surface area contributed by atoms with Gasteiger partial charge in [-0.2, -0.15) is 0 Å². The molecule has 0 atom stereocenters. The van der Waals surface area contributed by atoms with E-state index >= 15 is 0 Å². The molecule has 0 aliphatic carbocycles. The third kappa shape index (κ3) is 6.23. The SMILES string of the molecule is CC(C)(C)OC(=O)N1CCC(COc2ccc(-c3ccc(C(N)=O)cc3)cc2CO)CC1. The Morgan fingerprint density at radius 1 is 1.06 bits per heavy atom. The average Bonchev–Trinajstić information content (AvgIpc) is 2.76. The third-order valence-corrected chi connectivity index (χ3v) is 5.47. The summed E-state index contributed by atoms with van der Waals surface area (Å²) < 4.78 is 11.5. The number of nitrogens with zero attached hydrogens (tertiary/aromatic N) is 1. The van der Waals surface area contributed by atoms with Gasteiger partial charge in [0.2, 0.25) is 5.91 Å². The molecule has 3 N–H and O–H groups in total. The van der Waals surface area contributed by atoms with Crippen molar-refractivity contribution in [2.24, 2.45) is 11.7 Å². The molecule has 172 valence electrons. The van der Waals surface area contributed by atoms with E-state index in [1.165, 1.54) is 0 Å². The molecule has 2 aromatic rings. The van der Waals surface area contributed by atoms with Gasteiger partial charge in [0, 0.05) is 24.2 Å². The lowest BCUT2D eigenvalue weighted by molar-refractivity contribution is 0.0164. The van der Waals surface area contributed by atoms with E-state index in [0.717, 1.165) is 24.0 Å². The highest BCUT2D eigenvalue weighted by molar-refractivity contribution is 5.93. The molecular formula is C25H32N2O5. The first-order valence-corrected chi connectivity index (χ1v) is 10.9. The maximum absolute atomic E-state index is 12.2. The molecule has 1 aliphatic rings. The van der Waals surface area contributed by atoms with Crippen LogP contribution in [0.2, 0.25) is 0 Å². The molecule has 0 spiro atoms. The van der Waals surface area contributed by atoms with E-state index in [2.05, 4.69) is 0 Å². The van der Waals surface area contributed by atoms with Crippen molar-refractivity contribution in [3.8, 4) is 16.9 Å². The second-order valence-electron chi connectivity index (χ2n) is 9.14. The van der Waals surface area contributed by atoms with Crippen LogP contribution < -0.4 is 10.5 Å². The fourth-order valence-electron chi connectivity index (χ4n) is 3.67. The summed E-state index contributed by atoms with van der Waals surface area (Å²) in [4.78, 5) is 25.2. The van der Waals surface area contributed by atoms with Crippen LogP contribution >= 0.6 is 0 Å². The summed E-state index contributed by atoms with van der Waals surface area (Å²) in [6.07, 6.45) is 1.43. The van der Waals surface area contributed by atoms with E-state index in [4.69, 9.17) is 15.2 Å². The summed E-state index contributed by atoms with van der Waals surface area (Å²) in [5, 5.41) is 9.83. The Bertz CT molecular complexity index is 942. The monoisotopic (exact) mass is 440 g/mol. The Morgan fingerprint density at radius 2 is 1.69 bits per heavy atom. The van der Waals surface area contributed by atoms with E-state index in [1.807, 2.05) is 51.1 Å². The molecular weight excluding hydrogens is 408 g/mol. The van der Waals surface area contributed by atoms with Gasteiger partial charge in [-0.05, 0) is 74.9 Å². The molecule has 32 heavy (non-hydrogen) atoms. The number of aliphatic hydroxyl groups is 1. The normalized spacial score (nSPS) is 14.8. The Kier molecular flexibility index (Phi) is 7.40. The fraction of sp³-hybridized carbons (Fsp3) is 0.440. The van der Waals surface area contributed by atoms with Crippen LogP contribution in [0.1, 0.15) is 49.5 Å². The average molecular weight is 441 g/mol. The highest BCUT2D eigenvalue weighted by Crippen LogP contribution is 2.28. The van der Waals surface area contributed by atoms with Crippen molar-refractivity contribution < 1.29 is 24.2 Å². The van der Waals surface area contributed by atoms with Crippen molar-refractivity contribution in [3.05, 3.63) is 53.6 Å². The highest BCUT2D eigenvalue weighted by Gasteiger charge is 2.27. The molecule has 0 aromatic heterocycles. The standard InChI is InChI=1S/C25H32N2O5/c1-25(2,3)32-24(30)27-12-10-17(11-13-27)16-31-22-9-8-20(14-21(22)15-28)18-4-6-19(7-5-18)23(26)29/h4-9,14,17,28H,10-13,15-16H2,1-3H3,(H2,26,29). The summed E-state index contributed by atoms with van der Waals surface area (Å²) in [5.74, 6) is 0.522. The molecule has 2 amide bonds. The number of piperidine rings is 1. The second kappa shape index (κ2) is 10.0. The summed E-state index contributed by atoms with van der Waals surface area (Å²) in [6, 6.07) is 12.7. The van der Waals surface area contributed by atoms with E-state index in [-0.39, 0.29) is 12.7 Å². The number of ether oxygens (including phenoxy) is 2. The predicted octanol–water partition coefficient (Wildman–Crippen LogP) is 3.97. The minimum Gasteiger partial charge on any atom is -0.493 e. The zero-order valence-electron chi connectivity index (χ0n) is 19.0. The Labute approximate surface area is 189 Å². The number of primary amides is 1. The van der Waals surface area contributed by atoms with Crippen molar-refractivity contribution in [2.75, 3.05) is 19.7 Å². The number of carbonyl (C=O) groups excluding carboxylic acids is 2. The molecule has 0 unspecified atom stereocenters. The van der Waals surface area contributed by atoms with Gasteiger partial charge in [0.25, 0.3) is 0 Å². The molecule has 1 heterocycles. The minimum absolute atomic E-state index is 0.139. The molecule has 2 aromatic carbocycles. The number of rotatable bonds is 6. The molecule has 1 aliphatic heterocycles. The summed E-state index contributed by atoms with van der Waals surface area (Å²) >= 11 is 0. The molecule has 1 saturated heterocycles. The highest BCUT2D eigenvalue weighted by atomic mass is 16.6. The second-order valence-corrected chi connectivity index (χ2v) is 9.14. The van der Waals surface area contributed by atoms with Gasteiger partial charge in [-0.1, -0.05) is 18.2 Å². The molecule has 7 nitrogen and oxygen atoms in total. The zero-order valence-corrected chi connectivity index (χ0v) is 19.0. The third-order valence-electron chi connectivity index (χ3n) is 5.47. The Morgan fingerprint density at radius 3 is 2.25 bits per heavy atom. The number of hydrogen-bond donors (Lipinski definition) is 2. The molecule has 1 fully saturated rings. The van der Waals surface area contributed by atoms with Gasteiger partial charge >= 0.3 is 6.09 Å². The number of likely N-dealkylation sites (tertiary alicyclic amines) is 1. The van der Waals surface area contributed by atoms with Crippen molar-refractivity contribution >= 4 is 12.0 Å². The molecule has 7 heteroatoms. The molecule has 0 radical (unpaired) electrons. The van der Waals surface area contributed by atoms with Crippen LogP contribution in [0, 0.1) is 5.92 Å². The first-order valence-electron chi connectivity index (χ1n) is 10.9. The lowest BCUT2D eigenvalue weighted by Crippen LogP contribution is -2.42. The van der Waals surface area contributed by atoms with Crippen LogP contribution in [-0.4, -0.2) is 47.3 Å². The van der Waals surface area contributed by atoms with Crippen LogP contribution in [0.4, 0.5) is 4.79 Å². The Balaban J connectivity index is 1.57. The largest absolute Gasteiger partial charge is 0.493 e. The number of carbonyl (C=O) groups is 2. The lowest BCUT2D eigenvalue weighted by atomic mass is 9.98. The van der Waals surface area contributed by atoms with Crippen molar-refractivity contribution in [3.63, 3.8) is 0 Å². The van der Waals surface area contributed by atoms with Crippen LogP contribution in [0.25, 0.3) is 11.1 Å². The van der Waals surface area contributed by atoms with Gasteiger partial charge in [-0.3, -0.25) is 4.79 Å². The van der Waals surface area contributed by atoms with Crippen LogP contribution in [-0.2, 0) is 11.3 Å². The summed E-state index contributed by atoms with van der Waals surface area (Å²) in [5.41, 5.74) is 7.80. The quantitative estimate of drug-likeness (QED) is 0.708.